The SMILES string of the molecule is COc1ccc(CNC(=O)C(CSc2ccc(F)cc2)NC(C)=O)cc1. The van der Waals surface area contributed by atoms with Crippen LogP contribution in [0, 0.1) is 5.82 Å². The molecule has 2 amide bonds. The van der Waals surface area contributed by atoms with Gasteiger partial charge < -0.3 is 15.4 Å². The van der Waals surface area contributed by atoms with E-state index in [1.165, 1.54) is 30.8 Å². The largest absolute Gasteiger partial charge is 0.497 e. The van der Waals surface area contributed by atoms with Crippen molar-refractivity contribution in [1.82, 2.24) is 10.6 Å². The molecule has 0 bridgehead atoms. The fourth-order valence-electron chi connectivity index (χ4n) is 2.19. The van der Waals surface area contributed by atoms with Crippen LogP contribution in [0.3, 0.4) is 0 Å². The van der Waals surface area contributed by atoms with E-state index in [1.54, 1.807) is 19.2 Å². The highest BCUT2D eigenvalue weighted by atomic mass is 32.2. The summed E-state index contributed by atoms with van der Waals surface area (Å²) < 4.78 is 18.1. The van der Waals surface area contributed by atoms with Crippen molar-refractivity contribution in [2.75, 3.05) is 12.9 Å². The minimum absolute atomic E-state index is 0.273. The Balaban J connectivity index is 1.92. The lowest BCUT2D eigenvalue weighted by atomic mass is 10.2. The van der Waals surface area contributed by atoms with Gasteiger partial charge in [-0.15, -0.1) is 11.8 Å². The van der Waals surface area contributed by atoms with Crippen LogP contribution in [0.4, 0.5) is 4.39 Å². The molecule has 5 nitrogen and oxygen atoms in total. The van der Waals surface area contributed by atoms with E-state index in [-0.39, 0.29) is 17.6 Å². The molecule has 0 saturated carbocycles. The molecule has 2 N–H and O–H groups in total. The van der Waals surface area contributed by atoms with E-state index in [9.17, 15) is 14.0 Å². The third kappa shape index (κ3) is 6.40. The molecule has 0 aliphatic carbocycles. The Labute approximate surface area is 156 Å². The van der Waals surface area contributed by atoms with Gasteiger partial charge in [-0.1, -0.05) is 12.1 Å². The first-order valence-corrected chi connectivity index (χ1v) is 9.02. The number of carbonyl (C=O) groups is 2. The molecule has 2 aromatic rings. The number of rotatable bonds is 8. The molecule has 2 rings (SSSR count). The van der Waals surface area contributed by atoms with Crippen molar-refractivity contribution < 1.29 is 18.7 Å². The molecule has 1 unspecified atom stereocenters. The van der Waals surface area contributed by atoms with E-state index in [4.69, 9.17) is 4.74 Å². The normalized spacial score (nSPS) is 11.5. The van der Waals surface area contributed by atoms with Crippen molar-refractivity contribution in [3.8, 4) is 5.75 Å². The second-order valence-corrected chi connectivity index (χ2v) is 6.68. The standard InChI is InChI=1S/C19H21FN2O3S/c1-13(23)22-18(12-26-17-9-5-15(20)6-10-17)19(24)21-11-14-3-7-16(25-2)8-4-14/h3-10,18H,11-12H2,1-2H3,(H,21,24)(H,22,23). The third-order valence-electron chi connectivity index (χ3n) is 3.55. The number of methoxy groups -OCH3 is 1. The lowest BCUT2D eigenvalue weighted by Crippen LogP contribution is -2.47. The number of amides is 2. The molecule has 0 aromatic heterocycles. The van der Waals surface area contributed by atoms with Crippen LogP contribution < -0.4 is 15.4 Å². The summed E-state index contributed by atoms with van der Waals surface area (Å²) in [6.45, 7) is 1.71. The van der Waals surface area contributed by atoms with Gasteiger partial charge in [-0.05, 0) is 42.0 Å². The van der Waals surface area contributed by atoms with Crippen LogP contribution in [0.25, 0.3) is 0 Å². The van der Waals surface area contributed by atoms with E-state index in [1.807, 2.05) is 24.3 Å². The van der Waals surface area contributed by atoms with Crippen molar-refractivity contribution in [2.45, 2.75) is 24.4 Å². The maximum Gasteiger partial charge on any atom is 0.243 e. The van der Waals surface area contributed by atoms with Gasteiger partial charge in [-0.2, -0.15) is 0 Å². The molecular formula is C19H21FN2O3S. The highest BCUT2D eigenvalue weighted by Gasteiger charge is 2.19. The molecule has 0 aliphatic rings. The zero-order chi connectivity index (χ0) is 18.9. The van der Waals surface area contributed by atoms with Gasteiger partial charge in [0.25, 0.3) is 0 Å². The summed E-state index contributed by atoms with van der Waals surface area (Å²) in [5, 5.41) is 5.47. The molecule has 0 fully saturated rings. The van der Waals surface area contributed by atoms with Crippen molar-refractivity contribution in [2.24, 2.45) is 0 Å². The maximum atomic E-state index is 13.0. The van der Waals surface area contributed by atoms with E-state index in [0.717, 1.165) is 16.2 Å². The van der Waals surface area contributed by atoms with E-state index in [2.05, 4.69) is 10.6 Å². The summed E-state index contributed by atoms with van der Waals surface area (Å²) in [5.41, 5.74) is 0.923. The topological polar surface area (TPSA) is 67.4 Å². The van der Waals surface area contributed by atoms with Crippen molar-refractivity contribution in [3.05, 3.63) is 59.9 Å². The van der Waals surface area contributed by atoms with Crippen molar-refractivity contribution >= 4 is 23.6 Å². The third-order valence-corrected chi connectivity index (χ3v) is 4.66. The van der Waals surface area contributed by atoms with Gasteiger partial charge in [0.1, 0.15) is 17.6 Å². The average Bonchev–Trinajstić information content (AvgIpc) is 2.64. The Morgan fingerprint density at radius 1 is 1.12 bits per heavy atom. The average molecular weight is 376 g/mol. The van der Waals surface area contributed by atoms with Crippen LogP contribution in [0.1, 0.15) is 12.5 Å². The highest BCUT2D eigenvalue weighted by molar-refractivity contribution is 7.99. The van der Waals surface area contributed by atoms with Gasteiger partial charge in [-0.3, -0.25) is 9.59 Å². The number of halogens is 1. The molecule has 0 spiro atoms. The first kappa shape index (κ1) is 19.8. The van der Waals surface area contributed by atoms with Crippen LogP contribution in [0.5, 0.6) is 5.75 Å². The molecule has 138 valence electrons. The molecular weight excluding hydrogens is 355 g/mol. The Kier molecular flexibility index (Phi) is 7.47. The van der Waals surface area contributed by atoms with E-state index < -0.39 is 6.04 Å². The lowest BCUT2D eigenvalue weighted by molar-refractivity contribution is -0.127. The lowest BCUT2D eigenvalue weighted by Gasteiger charge is -2.17. The summed E-state index contributed by atoms with van der Waals surface area (Å²) >= 11 is 1.38. The summed E-state index contributed by atoms with van der Waals surface area (Å²) in [4.78, 5) is 24.6. The highest BCUT2D eigenvalue weighted by Crippen LogP contribution is 2.19. The zero-order valence-corrected chi connectivity index (χ0v) is 15.4. The first-order chi connectivity index (χ1) is 12.5. The zero-order valence-electron chi connectivity index (χ0n) is 14.6. The number of ether oxygens (including phenoxy) is 1. The van der Waals surface area contributed by atoms with Crippen molar-refractivity contribution in [3.63, 3.8) is 0 Å². The molecule has 0 heterocycles. The fourth-order valence-corrected chi connectivity index (χ4v) is 3.12. The van der Waals surface area contributed by atoms with Gasteiger partial charge in [0.15, 0.2) is 0 Å². The van der Waals surface area contributed by atoms with Crippen LogP contribution in [0.2, 0.25) is 0 Å². The van der Waals surface area contributed by atoms with Crippen LogP contribution >= 0.6 is 11.8 Å². The molecule has 0 saturated heterocycles. The Hall–Kier alpha value is -2.54. The Morgan fingerprint density at radius 3 is 2.35 bits per heavy atom. The Morgan fingerprint density at radius 2 is 1.77 bits per heavy atom. The van der Waals surface area contributed by atoms with E-state index in [0.29, 0.717) is 12.3 Å². The number of nitrogens with one attached hydrogen (secondary N) is 2. The minimum Gasteiger partial charge on any atom is -0.497 e. The quantitative estimate of drug-likeness (QED) is 0.695. The minimum atomic E-state index is -0.680. The van der Waals surface area contributed by atoms with Gasteiger partial charge in [0, 0.05) is 24.1 Å². The summed E-state index contributed by atoms with van der Waals surface area (Å²) in [5.74, 6) is 0.219. The molecule has 26 heavy (non-hydrogen) atoms. The molecule has 1 atom stereocenters. The maximum absolute atomic E-state index is 13.0. The van der Waals surface area contributed by atoms with Gasteiger partial charge in [-0.25, -0.2) is 4.39 Å². The fraction of sp³-hybridized carbons (Fsp3) is 0.263. The number of hydrogen-bond donors (Lipinski definition) is 2. The second-order valence-electron chi connectivity index (χ2n) is 5.58. The number of hydrogen-bond acceptors (Lipinski definition) is 4. The van der Waals surface area contributed by atoms with Gasteiger partial charge >= 0.3 is 0 Å². The molecule has 7 heteroatoms. The molecule has 0 aliphatic heterocycles. The smallest absolute Gasteiger partial charge is 0.243 e. The predicted molar refractivity (Wildman–Crippen MR) is 99.6 cm³/mol. The summed E-state index contributed by atoms with van der Waals surface area (Å²) in [7, 11) is 1.59. The summed E-state index contributed by atoms with van der Waals surface area (Å²) in [6, 6.07) is 12.7. The summed E-state index contributed by atoms with van der Waals surface area (Å²) in [6.07, 6.45) is 0. The predicted octanol–water partition coefficient (Wildman–Crippen LogP) is 2.75. The number of thioether (sulfide) groups is 1. The molecule has 0 radical (unpaired) electrons. The van der Waals surface area contributed by atoms with Gasteiger partial charge in [0.2, 0.25) is 11.8 Å². The van der Waals surface area contributed by atoms with Crippen LogP contribution in [-0.2, 0) is 16.1 Å². The number of carbonyl (C=O) groups excluding carboxylic acids is 2. The second kappa shape index (κ2) is 9.82. The first-order valence-electron chi connectivity index (χ1n) is 8.04. The Bertz CT molecular complexity index is 735. The van der Waals surface area contributed by atoms with Crippen molar-refractivity contribution in [1.29, 1.82) is 0 Å². The molecule has 2 aromatic carbocycles. The van der Waals surface area contributed by atoms with E-state index >= 15 is 0 Å². The van der Waals surface area contributed by atoms with Crippen LogP contribution in [0.15, 0.2) is 53.4 Å². The van der Waals surface area contributed by atoms with Gasteiger partial charge in [0.05, 0.1) is 7.11 Å². The monoisotopic (exact) mass is 376 g/mol. The van der Waals surface area contributed by atoms with Crippen LogP contribution in [-0.4, -0.2) is 30.7 Å². The number of benzene rings is 2.